The fraction of sp³-hybridized carbons (Fsp3) is 0.222. The molecule has 2 aromatic rings. The molecule has 0 heterocycles. The van der Waals surface area contributed by atoms with Crippen LogP contribution in [0.4, 0.5) is 10.5 Å². The van der Waals surface area contributed by atoms with Gasteiger partial charge in [0.1, 0.15) is 0 Å². The van der Waals surface area contributed by atoms with Gasteiger partial charge >= 0.3 is 6.03 Å². The summed E-state index contributed by atoms with van der Waals surface area (Å²) in [5.41, 5.74) is 3.79. The number of methoxy groups -OCH3 is 1. The van der Waals surface area contributed by atoms with Gasteiger partial charge in [0.25, 0.3) is 0 Å². The van der Waals surface area contributed by atoms with Crippen molar-refractivity contribution in [3.8, 4) is 11.5 Å². The van der Waals surface area contributed by atoms with Crippen molar-refractivity contribution < 1.29 is 14.3 Å². The van der Waals surface area contributed by atoms with Crippen LogP contribution in [0.15, 0.2) is 47.6 Å². The zero-order valence-corrected chi connectivity index (χ0v) is 14.8. The molecule has 6 nitrogen and oxygen atoms in total. The van der Waals surface area contributed by atoms with Crippen LogP contribution in [0.3, 0.4) is 0 Å². The van der Waals surface area contributed by atoms with Crippen LogP contribution in [0.1, 0.15) is 18.9 Å². The summed E-state index contributed by atoms with van der Waals surface area (Å²) in [6, 6.07) is 11.8. The van der Waals surface area contributed by atoms with Crippen LogP contribution >= 0.6 is 11.6 Å². The van der Waals surface area contributed by atoms with Crippen molar-refractivity contribution >= 4 is 29.5 Å². The van der Waals surface area contributed by atoms with E-state index in [1.807, 2.05) is 19.1 Å². The highest BCUT2D eigenvalue weighted by Crippen LogP contribution is 2.27. The number of amides is 2. The molecule has 0 aliphatic rings. The number of hydrazone groups is 1. The predicted octanol–water partition coefficient (Wildman–Crippen LogP) is 4.29. The first-order valence-electron chi connectivity index (χ1n) is 7.79. The molecule has 7 heteroatoms. The lowest BCUT2D eigenvalue weighted by molar-refractivity contribution is 0.252. The fourth-order valence-corrected chi connectivity index (χ4v) is 2.08. The topological polar surface area (TPSA) is 72.0 Å². The number of hydrogen-bond donors (Lipinski definition) is 2. The Hall–Kier alpha value is -2.73. The number of ether oxygens (including phenoxy) is 2. The minimum Gasteiger partial charge on any atom is -0.493 e. The first kappa shape index (κ1) is 18.6. The number of anilines is 1. The first-order valence-corrected chi connectivity index (χ1v) is 8.16. The summed E-state index contributed by atoms with van der Waals surface area (Å²) in [6.45, 7) is 2.66. The lowest BCUT2D eigenvalue weighted by Crippen LogP contribution is -2.24. The first-order chi connectivity index (χ1) is 12.1. The molecule has 0 saturated heterocycles. The molecule has 0 spiro atoms. The van der Waals surface area contributed by atoms with E-state index in [1.54, 1.807) is 37.4 Å². The molecule has 0 atom stereocenters. The van der Waals surface area contributed by atoms with Gasteiger partial charge in [0, 0.05) is 10.7 Å². The molecule has 0 aliphatic carbocycles. The molecule has 0 aromatic heterocycles. The zero-order chi connectivity index (χ0) is 18.1. The van der Waals surface area contributed by atoms with Gasteiger partial charge in [0.2, 0.25) is 0 Å². The van der Waals surface area contributed by atoms with Crippen LogP contribution in [0, 0.1) is 0 Å². The van der Waals surface area contributed by atoms with Crippen LogP contribution < -0.4 is 20.2 Å². The smallest absolute Gasteiger partial charge is 0.339 e. The molecule has 2 amide bonds. The van der Waals surface area contributed by atoms with Crippen LogP contribution in [0.25, 0.3) is 0 Å². The average Bonchev–Trinajstić information content (AvgIpc) is 2.62. The van der Waals surface area contributed by atoms with E-state index < -0.39 is 6.03 Å². The van der Waals surface area contributed by atoms with Gasteiger partial charge in [-0.05, 0) is 54.4 Å². The van der Waals surface area contributed by atoms with Crippen molar-refractivity contribution in [1.82, 2.24) is 5.43 Å². The van der Waals surface area contributed by atoms with Crippen molar-refractivity contribution in [2.45, 2.75) is 13.3 Å². The molecule has 25 heavy (non-hydrogen) atoms. The predicted molar refractivity (Wildman–Crippen MR) is 100.0 cm³/mol. The molecule has 0 fully saturated rings. The van der Waals surface area contributed by atoms with Gasteiger partial charge in [-0.25, -0.2) is 10.2 Å². The van der Waals surface area contributed by atoms with Crippen molar-refractivity contribution in [2.24, 2.45) is 5.10 Å². The summed E-state index contributed by atoms with van der Waals surface area (Å²) in [5.74, 6) is 1.29. The minimum absolute atomic E-state index is 0.451. The number of nitrogens with one attached hydrogen (secondary N) is 2. The number of nitrogens with zero attached hydrogens (tertiary/aromatic N) is 1. The van der Waals surface area contributed by atoms with Gasteiger partial charge in [0.05, 0.1) is 19.9 Å². The molecule has 0 bridgehead atoms. The van der Waals surface area contributed by atoms with Crippen molar-refractivity contribution in [2.75, 3.05) is 19.0 Å². The molecule has 0 radical (unpaired) electrons. The number of hydrogen-bond acceptors (Lipinski definition) is 4. The maximum absolute atomic E-state index is 11.8. The average molecular weight is 362 g/mol. The molecule has 2 rings (SSSR count). The Balaban J connectivity index is 1.92. The maximum atomic E-state index is 11.8. The summed E-state index contributed by atoms with van der Waals surface area (Å²) >= 11 is 5.79. The maximum Gasteiger partial charge on any atom is 0.339 e. The number of carbonyl (C=O) groups is 1. The van der Waals surface area contributed by atoms with E-state index in [9.17, 15) is 4.79 Å². The molecular weight excluding hydrogens is 342 g/mol. The van der Waals surface area contributed by atoms with E-state index in [0.29, 0.717) is 28.8 Å². The van der Waals surface area contributed by atoms with Crippen molar-refractivity contribution in [3.05, 3.63) is 53.1 Å². The third-order valence-corrected chi connectivity index (χ3v) is 3.38. The SMILES string of the molecule is CCCOc1ccc(/C=N\NC(=O)Nc2ccc(Cl)cc2)cc1OC. The monoisotopic (exact) mass is 361 g/mol. The van der Waals surface area contributed by atoms with Crippen LogP contribution in [-0.4, -0.2) is 26.0 Å². The van der Waals surface area contributed by atoms with Crippen LogP contribution in [0.5, 0.6) is 11.5 Å². The third kappa shape index (κ3) is 6.00. The Morgan fingerprint density at radius 1 is 1.20 bits per heavy atom. The second-order valence-electron chi connectivity index (χ2n) is 5.09. The highest BCUT2D eigenvalue weighted by molar-refractivity contribution is 6.30. The highest BCUT2D eigenvalue weighted by Gasteiger charge is 2.05. The highest BCUT2D eigenvalue weighted by atomic mass is 35.5. The van der Waals surface area contributed by atoms with E-state index in [1.165, 1.54) is 6.21 Å². The summed E-state index contributed by atoms with van der Waals surface area (Å²) in [6.07, 6.45) is 2.44. The van der Waals surface area contributed by atoms with Crippen LogP contribution in [0.2, 0.25) is 5.02 Å². The second kappa shape index (κ2) is 9.54. The Bertz CT molecular complexity index is 733. The Morgan fingerprint density at radius 2 is 1.96 bits per heavy atom. The van der Waals surface area contributed by atoms with E-state index in [4.69, 9.17) is 21.1 Å². The van der Waals surface area contributed by atoms with E-state index in [0.717, 1.165) is 12.0 Å². The van der Waals surface area contributed by atoms with Gasteiger partial charge in [-0.2, -0.15) is 5.10 Å². The molecule has 0 unspecified atom stereocenters. The normalized spacial score (nSPS) is 10.5. The molecule has 0 aliphatic heterocycles. The second-order valence-corrected chi connectivity index (χ2v) is 5.53. The van der Waals surface area contributed by atoms with Crippen LogP contribution in [-0.2, 0) is 0 Å². The number of urea groups is 1. The standard InChI is InChI=1S/C18H20ClN3O3/c1-3-10-25-16-9-4-13(11-17(16)24-2)12-20-22-18(23)21-15-7-5-14(19)6-8-15/h4-9,11-12H,3,10H2,1-2H3,(H2,21,22,23)/b20-12-. The Labute approximate surface area is 151 Å². The Kier molecular flexibility index (Phi) is 7.10. The summed E-state index contributed by atoms with van der Waals surface area (Å²) in [5, 5.41) is 7.16. The largest absolute Gasteiger partial charge is 0.493 e. The van der Waals surface area contributed by atoms with Crippen molar-refractivity contribution in [3.63, 3.8) is 0 Å². The van der Waals surface area contributed by atoms with Crippen molar-refractivity contribution in [1.29, 1.82) is 0 Å². The Morgan fingerprint density at radius 3 is 2.64 bits per heavy atom. The van der Waals surface area contributed by atoms with Gasteiger partial charge in [-0.15, -0.1) is 0 Å². The van der Waals surface area contributed by atoms with Gasteiger partial charge in [-0.3, -0.25) is 0 Å². The minimum atomic E-state index is -0.451. The number of benzene rings is 2. The molecular formula is C18H20ClN3O3. The summed E-state index contributed by atoms with van der Waals surface area (Å²) in [4.78, 5) is 11.8. The van der Waals surface area contributed by atoms with Gasteiger partial charge in [-0.1, -0.05) is 18.5 Å². The molecule has 2 aromatic carbocycles. The zero-order valence-electron chi connectivity index (χ0n) is 14.1. The van der Waals surface area contributed by atoms with E-state index in [2.05, 4.69) is 15.8 Å². The molecule has 132 valence electrons. The number of carbonyl (C=O) groups excluding carboxylic acids is 1. The molecule has 0 saturated carbocycles. The summed E-state index contributed by atoms with van der Waals surface area (Å²) < 4.78 is 10.9. The van der Waals surface area contributed by atoms with Gasteiger partial charge in [0.15, 0.2) is 11.5 Å². The van der Waals surface area contributed by atoms with Gasteiger partial charge < -0.3 is 14.8 Å². The molecule has 2 N–H and O–H groups in total. The fourth-order valence-electron chi connectivity index (χ4n) is 1.95. The quantitative estimate of drug-likeness (QED) is 0.570. The van der Waals surface area contributed by atoms with E-state index >= 15 is 0 Å². The lowest BCUT2D eigenvalue weighted by atomic mass is 10.2. The number of halogens is 1. The lowest BCUT2D eigenvalue weighted by Gasteiger charge is -2.10. The van der Waals surface area contributed by atoms with E-state index in [-0.39, 0.29) is 0 Å². The third-order valence-electron chi connectivity index (χ3n) is 3.13. The summed E-state index contributed by atoms with van der Waals surface area (Å²) in [7, 11) is 1.58. The number of rotatable bonds is 7.